The van der Waals surface area contributed by atoms with Crippen LogP contribution >= 0.6 is 11.8 Å². The molecular weight excluding hydrogens is 274 g/mol. The van der Waals surface area contributed by atoms with Gasteiger partial charge in [0.1, 0.15) is 0 Å². The first-order chi connectivity index (χ1) is 10.3. The second kappa shape index (κ2) is 6.67. The summed E-state index contributed by atoms with van der Waals surface area (Å²) in [6.07, 6.45) is 1.25. The predicted molar refractivity (Wildman–Crippen MR) is 92.1 cm³/mol. The first-order valence-corrected chi connectivity index (χ1v) is 8.80. The molecule has 0 saturated heterocycles. The first kappa shape index (κ1) is 14.7. The summed E-state index contributed by atoms with van der Waals surface area (Å²) >= 11 is 1.98. The Morgan fingerprint density at radius 3 is 2.62 bits per heavy atom. The van der Waals surface area contributed by atoms with Crippen LogP contribution in [0.3, 0.4) is 0 Å². The van der Waals surface area contributed by atoms with Crippen molar-refractivity contribution in [3.63, 3.8) is 0 Å². The van der Waals surface area contributed by atoms with Crippen LogP contribution < -0.4 is 5.32 Å². The highest BCUT2D eigenvalue weighted by molar-refractivity contribution is 7.99. The minimum absolute atomic E-state index is 0.438. The number of benzene rings is 2. The van der Waals surface area contributed by atoms with Gasteiger partial charge < -0.3 is 5.32 Å². The molecule has 0 saturated carbocycles. The lowest BCUT2D eigenvalue weighted by atomic mass is 9.79. The van der Waals surface area contributed by atoms with Crippen molar-refractivity contribution in [3.8, 4) is 0 Å². The molecule has 2 atom stereocenters. The van der Waals surface area contributed by atoms with Gasteiger partial charge in [-0.3, -0.25) is 0 Å². The molecule has 1 N–H and O–H groups in total. The summed E-state index contributed by atoms with van der Waals surface area (Å²) in [6, 6.07) is 18.3. The topological polar surface area (TPSA) is 12.0 Å². The minimum atomic E-state index is 0.438. The van der Waals surface area contributed by atoms with E-state index in [1.807, 2.05) is 11.8 Å². The molecule has 0 heterocycles. The second-order valence-electron chi connectivity index (χ2n) is 5.76. The molecule has 1 aliphatic carbocycles. The number of hydrogen-bond donors (Lipinski definition) is 1. The van der Waals surface area contributed by atoms with Gasteiger partial charge in [0.05, 0.1) is 0 Å². The molecule has 2 heteroatoms. The average molecular weight is 297 g/mol. The van der Waals surface area contributed by atoms with Crippen LogP contribution in [-0.2, 0) is 6.42 Å². The molecule has 110 valence electrons. The van der Waals surface area contributed by atoms with Gasteiger partial charge in [-0.1, -0.05) is 43.3 Å². The molecule has 0 fully saturated rings. The van der Waals surface area contributed by atoms with Gasteiger partial charge in [0.2, 0.25) is 0 Å². The van der Waals surface area contributed by atoms with E-state index in [1.165, 1.54) is 28.2 Å². The molecule has 3 rings (SSSR count). The monoisotopic (exact) mass is 297 g/mol. The van der Waals surface area contributed by atoms with Crippen molar-refractivity contribution < 1.29 is 0 Å². The van der Waals surface area contributed by atoms with E-state index < -0.39 is 0 Å². The van der Waals surface area contributed by atoms with Crippen molar-refractivity contribution in [3.05, 3.63) is 65.2 Å². The molecule has 0 bridgehead atoms. The third-order valence-electron chi connectivity index (χ3n) is 4.30. The molecule has 0 aromatic heterocycles. The lowest BCUT2D eigenvalue weighted by Gasteiger charge is -2.29. The van der Waals surface area contributed by atoms with Crippen LogP contribution in [0.15, 0.2) is 53.4 Å². The van der Waals surface area contributed by atoms with Crippen LogP contribution in [0.1, 0.15) is 42.5 Å². The van der Waals surface area contributed by atoms with Gasteiger partial charge in [-0.15, -0.1) is 11.8 Å². The molecule has 0 aliphatic heterocycles. The molecule has 2 aromatic rings. The maximum absolute atomic E-state index is 3.45. The van der Waals surface area contributed by atoms with E-state index in [-0.39, 0.29) is 0 Å². The Labute approximate surface area is 132 Å². The van der Waals surface area contributed by atoms with Crippen molar-refractivity contribution >= 4 is 11.8 Å². The standard InChI is InChI=1S/C19H23NS/c1-3-20-14(2)15-8-10-18(11-9-15)21-13-17-12-16-6-4-5-7-19(16)17/h4-11,14,17,20H,3,12-13H2,1-2H3. The van der Waals surface area contributed by atoms with E-state index in [1.54, 1.807) is 5.56 Å². The highest BCUT2D eigenvalue weighted by atomic mass is 32.2. The van der Waals surface area contributed by atoms with Crippen LogP contribution in [-0.4, -0.2) is 12.3 Å². The van der Waals surface area contributed by atoms with E-state index in [9.17, 15) is 0 Å². The first-order valence-electron chi connectivity index (χ1n) is 7.82. The Kier molecular flexibility index (Phi) is 4.67. The fraction of sp³-hybridized carbons (Fsp3) is 0.368. The van der Waals surface area contributed by atoms with Crippen LogP contribution in [0.5, 0.6) is 0 Å². The average Bonchev–Trinajstić information content (AvgIpc) is 2.49. The predicted octanol–water partition coefficient (Wildman–Crippen LogP) is 4.79. The van der Waals surface area contributed by atoms with Crippen molar-refractivity contribution in [1.29, 1.82) is 0 Å². The minimum Gasteiger partial charge on any atom is -0.310 e. The SMILES string of the molecule is CCNC(C)c1ccc(SCC2Cc3ccccc32)cc1. The Morgan fingerprint density at radius 1 is 1.14 bits per heavy atom. The summed E-state index contributed by atoms with van der Waals surface area (Å²) in [4.78, 5) is 1.38. The maximum Gasteiger partial charge on any atom is 0.0291 e. The second-order valence-corrected chi connectivity index (χ2v) is 6.85. The Hall–Kier alpha value is -1.25. The van der Waals surface area contributed by atoms with Crippen molar-refractivity contribution in [2.24, 2.45) is 0 Å². The van der Waals surface area contributed by atoms with Gasteiger partial charge in [-0.2, -0.15) is 0 Å². The van der Waals surface area contributed by atoms with Crippen LogP contribution in [0.4, 0.5) is 0 Å². The molecule has 1 aliphatic rings. The van der Waals surface area contributed by atoms with Crippen molar-refractivity contribution in [1.82, 2.24) is 5.32 Å². The zero-order chi connectivity index (χ0) is 14.7. The molecule has 0 spiro atoms. The van der Waals surface area contributed by atoms with Gasteiger partial charge in [-0.05, 0) is 54.6 Å². The quantitative estimate of drug-likeness (QED) is 0.769. The molecule has 2 unspecified atom stereocenters. The van der Waals surface area contributed by atoms with E-state index in [0.29, 0.717) is 6.04 Å². The van der Waals surface area contributed by atoms with Gasteiger partial charge in [0.15, 0.2) is 0 Å². The molecular formula is C19H23NS. The van der Waals surface area contributed by atoms with E-state index in [2.05, 4.69) is 67.7 Å². The summed E-state index contributed by atoms with van der Waals surface area (Å²) in [7, 11) is 0. The number of hydrogen-bond acceptors (Lipinski definition) is 2. The van der Waals surface area contributed by atoms with Gasteiger partial charge in [-0.25, -0.2) is 0 Å². The zero-order valence-corrected chi connectivity index (χ0v) is 13.6. The van der Waals surface area contributed by atoms with Crippen molar-refractivity contribution in [2.45, 2.75) is 37.1 Å². The van der Waals surface area contributed by atoms with Gasteiger partial charge in [0.25, 0.3) is 0 Å². The number of thioether (sulfide) groups is 1. The third kappa shape index (κ3) is 3.33. The Bertz CT molecular complexity index is 591. The van der Waals surface area contributed by atoms with Crippen LogP contribution in [0.2, 0.25) is 0 Å². The fourth-order valence-electron chi connectivity index (χ4n) is 2.98. The maximum atomic E-state index is 3.45. The summed E-state index contributed by atoms with van der Waals surface area (Å²) in [5.41, 5.74) is 4.47. The zero-order valence-electron chi connectivity index (χ0n) is 12.8. The number of nitrogens with one attached hydrogen (secondary N) is 1. The summed E-state index contributed by atoms with van der Waals surface area (Å²) in [6.45, 7) is 5.38. The normalized spacial score (nSPS) is 17.9. The molecule has 0 radical (unpaired) electrons. The fourth-order valence-corrected chi connectivity index (χ4v) is 4.00. The third-order valence-corrected chi connectivity index (χ3v) is 5.48. The molecule has 1 nitrogen and oxygen atoms in total. The molecule has 21 heavy (non-hydrogen) atoms. The molecule has 2 aromatic carbocycles. The van der Waals surface area contributed by atoms with Gasteiger partial charge >= 0.3 is 0 Å². The lowest BCUT2D eigenvalue weighted by Crippen LogP contribution is -2.18. The Balaban J connectivity index is 1.55. The summed E-state index contributed by atoms with van der Waals surface area (Å²) < 4.78 is 0. The number of fused-ring (bicyclic) bond motifs is 1. The Morgan fingerprint density at radius 2 is 1.90 bits per heavy atom. The number of rotatable bonds is 6. The van der Waals surface area contributed by atoms with E-state index >= 15 is 0 Å². The van der Waals surface area contributed by atoms with Crippen LogP contribution in [0.25, 0.3) is 0 Å². The van der Waals surface area contributed by atoms with Crippen molar-refractivity contribution in [2.75, 3.05) is 12.3 Å². The summed E-state index contributed by atoms with van der Waals surface area (Å²) in [5.74, 6) is 1.94. The van der Waals surface area contributed by atoms with Gasteiger partial charge in [0, 0.05) is 16.7 Å². The van der Waals surface area contributed by atoms with E-state index in [0.717, 1.165) is 12.5 Å². The highest BCUT2D eigenvalue weighted by Gasteiger charge is 2.25. The highest BCUT2D eigenvalue weighted by Crippen LogP contribution is 2.38. The summed E-state index contributed by atoms with van der Waals surface area (Å²) in [5, 5.41) is 3.45. The van der Waals surface area contributed by atoms with E-state index in [4.69, 9.17) is 0 Å². The lowest BCUT2D eigenvalue weighted by molar-refractivity contribution is 0.598. The smallest absolute Gasteiger partial charge is 0.0291 e. The van der Waals surface area contributed by atoms with Crippen LogP contribution in [0, 0.1) is 0 Å². The molecule has 0 amide bonds. The largest absolute Gasteiger partial charge is 0.310 e.